The molecule has 3 atom stereocenters. The second-order valence-electron chi connectivity index (χ2n) is 7.61. The second kappa shape index (κ2) is 7.51. The summed E-state index contributed by atoms with van der Waals surface area (Å²) < 4.78 is 13.7. The Morgan fingerprint density at radius 3 is 2.62 bits per heavy atom. The molecule has 0 bridgehead atoms. The molecule has 5 nitrogen and oxygen atoms in total. The van der Waals surface area contributed by atoms with E-state index in [1.54, 1.807) is 0 Å². The standard InChI is InChI=1S/C21H29N3O2/c1-25-19-8-9-21(26-2)10-13-23(20(21)14-19)15-17-6-3-4-7-18(17)16-24-12-5-11-22-24/h3-7,11-12,19-20H,8-10,13-16H2,1-2H3/t19-,20-,21+/m0/s1. The predicted molar refractivity (Wildman–Crippen MR) is 101 cm³/mol. The number of likely N-dealkylation sites (tertiary alicyclic amines) is 1. The summed E-state index contributed by atoms with van der Waals surface area (Å²) >= 11 is 0. The van der Waals surface area contributed by atoms with Gasteiger partial charge in [-0.3, -0.25) is 9.58 Å². The smallest absolute Gasteiger partial charge is 0.0847 e. The van der Waals surface area contributed by atoms with Gasteiger partial charge >= 0.3 is 0 Å². The molecule has 2 heterocycles. The number of nitrogens with zero attached hydrogens (tertiary/aromatic N) is 3. The Bertz CT molecular complexity index is 718. The number of hydrogen-bond acceptors (Lipinski definition) is 4. The first-order valence-electron chi connectivity index (χ1n) is 9.60. The molecule has 2 aliphatic rings. The lowest BCUT2D eigenvalue weighted by molar-refractivity contribution is -0.0947. The largest absolute Gasteiger partial charge is 0.381 e. The maximum atomic E-state index is 6.07. The van der Waals surface area contributed by atoms with Crippen molar-refractivity contribution in [2.24, 2.45) is 0 Å². The molecule has 0 N–H and O–H groups in total. The summed E-state index contributed by atoms with van der Waals surface area (Å²) in [5.74, 6) is 0. The number of ether oxygens (including phenoxy) is 2. The van der Waals surface area contributed by atoms with Crippen molar-refractivity contribution in [3.63, 3.8) is 0 Å². The Morgan fingerprint density at radius 2 is 1.92 bits per heavy atom. The molecular formula is C21H29N3O2. The van der Waals surface area contributed by atoms with E-state index in [-0.39, 0.29) is 5.60 Å². The molecule has 1 aromatic heterocycles. The highest BCUT2D eigenvalue weighted by atomic mass is 16.5. The number of rotatable bonds is 6. The van der Waals surface area contributed by atoms with E-state index in [4.69, 9.17) is 9.47 Å². The molecule has 140 valence electrons. The summed E-state index contributed by atoms with van der Waals surface area (Å²) in [6.07, 6.45) is 8.58. The van der Waals surface area contributed by atoms with Gasteiger partial charge in [-0.2, -0.15) is 5.10 Å². The van der Waals surface area contributed by atoms with Gasteiger partial charge in [0.1, 0.15) is 0 Å². The van der Waals surface area contributed by atoms with Crippen molar-refractivity contribution in [1.29, 1.82) is 0 Å². The SMILES string of the molecule is CO[C@H]1CC[C@@]2(OC)CCN(Cc3ccccc3Cn3cccn3)[C@H]2C1. The third-order valence-electron chi connectivity index (χ3n) is 6.37. The van der Waals surface area contributed by atoms with E-state index in [9.17, 15) is 0 Å². The first-order valence-corrected chi connectivity index (χ1v) is 9.60. The number of fused-ring (bicyclic) bond motifs is 1. The summed E-state index contributed by atoms with van der Waals surface area (Å²) in [5.41, 5.74) is 2.73. The van der Waals surface area contributed by atoms with Crippen molar-refractivity contribution in [2.75, 3.05) is 20.8 Å². The zero-order valence-electron chi connectivity index (χ0n) is 15.8. The van der Waals surface area contributed by atoms with E-state index < -0.39 is 0 Å². The van der Waals surface area contributed by atoms with E-state index in [0.717, 1.165) is 45.3 Å². The van der Waals surface area contributed by atoms with Crippen molar-refractivity contribution < 1.29 is 9.47 Å². The third-order valence-corrected chi connectivity index (χ3v) is 6.37. The van der Waals surface area contributed by atoms with Gasteiger partial charge in [0.25, 0.3) is 0 Å². The Hall–Kier alpha value is -1.69. The van der Waals surface area contributed by atoms with Gasteiger partial charge in [0.05, 0.1) is 18.2 Å². The Morgan fingerprint density at radius 1 is 1.12 bits per heavy atom. The number of methoxy groups -OCH3 is 2. The van der Waals surface area contributed by atoms with Crippen molar-refractivity contribution in [3.8, 4) is 0 Å². The first-order chi connectivity index (χ1) is 12.7. The fraction of sp³-hybridized carbons (Fsp3) is 0.571. The Labute approximate surface area is 155 Å². The molecule has 1 aliphatic heterocycles. The van der Waals surface area contributed by atoms with Crippen LogP contribution in [0.4, 0.5) is 0 Å². The highest BCUT2D eigenvalue weighted by Crippen LogP contribution is 2.43. The average Bonchev–Trinajstić information content (AvgIpc) is 3.31. The highest BCUT2D eigenvalue weighted by Gasteiger charge is 2.51. The monoisotopic (exact) mass is 355 g/mol. The van der Waals surface area contributed by atoms with Crippen LogP contribution in [0.5, 0.6) is 0 Å². The quantitative estimate of drug-likeness (QED) is 0.798. The summed E-state index contributed by atoms with van der Waals surface area (Å²) in [4.78, 5) is 2.61. The molecule has 1 saturated heterocycles. The van der Waals surface area contributed by atoms with Crippen LogP contribution < -0.4 is 0 Å². The minimum atomic E-state index is 0.00591. The van der Waals surface area contributed by atoms with Gasteiger partial charge in [0, 0.05) is 45.7 Å². The average molecular weight is 355 g/mol. The van der Waals surface area contributed by atoms with Crippen molar-refractivity contribution in [3.05, 3.63) is 53.9 Å². The van der Waals surface area contributed by atoms with Gasteiger partial charge < -0.3 is 9.47 Å². The third kappa shape index (κ3) is 3.31. The molecule has 5 heteroatoms. The van der Waals surface area contributed by atoms with Crippen LogP contribution in [-0.2, 0) is 22.6 Å². The maximum absolute atomic E-state index is 6.07. The highest BCUT2D eigenvalue weighted by molar-refractivity contribution is 5.28. The zero-order chi connectivity index (χ0) is 18.0. The van der Waals surface area contributed by atoms with Crippen LogP contribution in [0.25, 0.3) is 0 Å². The van der Waals surface area contributed by atoms with E-state index in [0.29, 0.717) is 12.1 Å². The maximum Gasteiger partial charge on any atom is 0.0847 e. The van der Waals surface area contributed by atoms with E-state index in [2.05, 4.69) is 34.3 Å². The van der Waals surface area contributed by atoms with E-state index in [1.165, 1.54) is 11.1 Å². The molecule has 0 amide bonds. The first kappa shape index (κ1) is 17.7. The predicted octanol–water partition coefficient (Wildman–Crippen LogP) is 3.09. The second-order valence-corrected chi connectivity index (χ2v) is 7.61. The molecule has 1 aromatic carbocycles. The number of hydrogen-bond donors (Lipinski definition) is 0. The minimum Gasteiger partial charge on any atom is -0.381 e. The molecule has 0 spiro atoms. The Kier molecular flexibility index (Phi) is 5.11. The lowest BCUT2D eigenvalue weighted by Gasteiger charge is -2.43. The molecule has 2 fully saturated rings. The molecule has 0 radical (unpaired) electrons. The lowest BCUT2D eigenvalue weighted by Crippen LogP contribution is -2.51. The molecule has 1 aliphatic carbocycles. The normalized spacial score (nSPS) is 29.0. The number of aromatic nitrogens is 2. The topological polar surface area (TPSA) is 39.5 Å². The van der Waals surface area contributed by atoms with Crippen LogP contribution in [0.15, 0.2) is 42.7 Å². The lowest BCUT2D eigenvalue weighted by atomic mass is 9.79. The molecular weight excluding hydrogens is 326 g/mol. The van der Waals surface area contributed by atoms with Gasteiger partial charge in [-0.1, -0.05) is 24.3 Å². The zero-order valence-corrected chi connectivity index (χ0v) is 15.8. The van der Waals surface area contributed by atoms with Crippen LogP contribution in [0.1, 0.15) is 36.8 Å². The molecule has 1 saturated carbocycles. The van der Waals surface area contributed by atoms with Gasteiger partial charge in [0.15, 0.2) is 0 Å². The summed E-state index contributed by atoms with van der Waals surface area (Å²) in [6.45, 7) is 2.87. The van der Waals surface area contributed by atoms with Crippen LogP contribution >= 0.6 is 0 Å². The van der Waals surface area contributed by atoms with Crippen LogP contribution in [-0.4, -0.2) is 53.2 Å². The van der Waals surface area contributed by atoms with Gasteiger partial charge in [-0.15, -0.1) is 0 Å². The van der Waals surface area contributed by atoms with Crippen LogP contribution in [0, 0.1) is 0 Å². The van der Waals surface area contributed by atoms with Crippen LogP contribution in [0.2, 0.25) is 0 Å². The van der Waals surface area contributed by atoms with Crippen molar-refractivity contribution >= 4 is 0 Å². The number of benzene rings is 1. The summed E-state index contributed by atoms with van der Waals surface area (Å²) in [6, 6.07) is 11.1. The fourth-order valence-corrected chi connectivity index (χ4v) is 4.81. The summed E-state index contributed by atoms with van der Waals surface area (Å²) in [7, 11) is 3.72. The van der Waals surface area contributed by atoms with Crippen LogP contribution in [0.3, 0.4) is 0 Å². The summed E-state index contributed by atoms with van der Waals surface area (Å²) in [5, 5.41) is 4.36. The molecule has 2 aromatic rings. The molecule has 0 unspecified atom stereocenters. The minimum absolute atomic E-state index is 0.00591. The van der Waals surface area contributed by atoms with Gasteiger partial charge in [-0.05, 0) is 42.9 Å². The van der Waals surface area contributed by atoms with E-state index in [1.807, 2.05) is 37.4 Å². The molecule has 4 rings (SSSR count). The van der Waals surface area contributed by atoms with Crippen molar-refractivity contribution in [1.82, 2.24) is 14.7 Å². The molecule has 26 heavy (non-hydrogen) atoms. The van der Waals surface area contributed by atoms with Gasteiger partial charge in [0.2, 0.25) is 0 Å². The Balaban J connectivity index is 1.54. The van der Waals surface area contributed by atoms with Crippen molar-refractivity contribution in [2.45, 2.75) is 56.5 Å². The fourth-order valence-electron chi connectivity index (χ4n) is 4.81. The van der Waals surface area contributed by atoms with E-state index >= 15 is 0 Å². The van der Waals surface area contributed by atoms with Gasteiger partial charge in [-0.25, -0.2) is 0 Å².